The molecule has 0 saturated carbocycles. The smallest absolute Gasteiger partial charge is 0.169 e. The topological polar surface area (TPSA) is 48.0 Å². The number of aromatic nitrogens is 1. The zero-order valence-electron chi connectivity index (χ0n) is 5.66. The standard InChI is InChI=1S/C6H7N2O.Y/c1-8-3-2-5(7)4-6(8)9;/h3-4H,7H2,1H3;/q-1;. The molecule has 1 radical (unpaired) electrons. The molecule has 4 heteroatoms. The van der Waals surface area contributed by atoms with Crippen molar-refractivity contribution in [2.24, 2.45) is 7.05 Å². The molecule has 0 amide bonds. The Balaban J connectivity index is 0.000000810. The van der Waals surface area contributed by atoms with Gasteiger partial charge >= 0.3 is 0 Å². The number of nitrogens with zero attached hydrogens (tertiary/aromatic N) is 1. The average molecular weight is 212 g/mol. The monoisotopic (exact) mass is 212 g/mol. The summed E-state index contributed by atoms with van der Waals surface area (Å²) in [6.45, 7) is 0. The number of nitrogens with two attached hydrogens (primary N) is 1. The van der Waals surface area contributed by atoms with Crippen LogP contribution in [0.5, 0.6) is 0 Å². The number of pyridine rings is 1. The fourth-order valence-corrected chi connectivity index (χ4v) is 0.511. The van der Waals surface area contributed by atoms with Crippen LogP contribution in [0.25, 0.3) is 0 Å². The molecule has 0 atom stereocenters. The van der Waals surface area contributed by atoms with Crippen LogP contribution < -0.4 is 11.3 Å². The Kier molecular flexibility index (Phi) is 3.83. The van der Waals surface area contributed by atoms with E-state index < -0.39 is 0 Å². The van der Waals surface area contributed by atoms with Crippen molar-refractivity contribution in [2.45, 2.75) is 0 Å². The van der Waals surface area contributed by atoms with Crippen molar-refractivity contribution in [1.82, 2.24) is 4.57 Å². The molecule has 0 aliphatic heterocycles. The Morgan fingerprint density at radius 3 is 2.70 bits per heavy atom. The molecular weight excluding hydrogens is 205 g/mol. The van der Waals surface area contributed by atoms with Crippen LogP contribution in [0.4, 0.5) is 5.69 Å². The van der Waals surface area contributed by atoms with Crippen LogP contribution in [0.2, 0.25) is 0 Å². The minimum Gasteiger partial charge on any atom is -0.431 e. The van der Waals surface area contributed by atoms with E-state index in [1.54, 1.807) is 7.05 Å². The van der Waals surface area contributed by atoms with Crippen molar-refractivity contribution in [1.29, 1.82) is 0 Å². The molecule has 3 nitrogen and oxygen atoms in total. The average Bonchev–Trinajstić information content (AvgIpc) is 1.80. The van der Waals surface area contributed by atoms with E-state index in [4.69, 9.17) is 5.73 Å². The summed E-state index contributed by atoms with van der Waals surface area (Å²) in [5, 5.41) is 0. The maximum atomic E-state index is 10.7. The van der Waals surface area contributed by atoms with E-state index >= 15 is 0 Å². The van der Waals surface area contributed by atoms with Crippen molar-refractivity contribution in [3.8, 4) is 0 Å². The van der Waals surface area contributed by atoms with Crippen LogP contribution in [0.1, 0.15) is 0 Å². The Morgan fingerprint density at radius 2 is 2.30 bits per heavy atom. The molecule has 0 saturated heterocycles. The molecule has 0 unspecified atom stereocenters. The molecule has 0 fully saturated rings. The second kappa shape index (κ2) is 3.89. The molecule has 51 valence electrons. The van der Waals surface area contributed by atoms with Gasteiger partial charge in [-0.2, -0.15) is 0 Å². The van der Waals surface area contributed by atoms with Gasteiger partial charge in [-0.25, -0.2) is 6.07 Å². The van der Waals surface area contributed by atoms with Gasteiger partial charge in [0.2, 0.25) is 0 Å². The first-order valence-corrected chi connectivity index (χ1v) is 2.54. The van der Waals surface area contributed by atoms with Crippen LogP contribution in [0.15, 0.2) is 17.1 Å². The van der Waals surface area contributed by atoms with Crippen LogP contribution in [-0.4, -0.2) is 4.57 Å². The second-order valence-corrected chi connectivity index (χ2v) is 1.82. The third-order valence-corrected chi connectivity index (χ3v) is 1.05. The van der Waals surface area contributed by atoms with Gasteiger partial charge in [-0.15, -0.1) is 11.8 Å². The maximum Gasteiger partial charge on any atom is 0.169 e. The first-order valence-electron chi connectivity index (χ1n) is 2.54. The van der Waals surface area contributed by atoms with Gasteiger partial charge in [-0.05, 0) is 0 Å². The van der Waals surface area contributed by atoms with Gasteiger partial charge < -0.3 is 10.3 Å². The van der Waals surface area contributed by atoms with Gasteiger partial charge in [0.25, 0.3) is 0 Å². The molecule has 0 aromatic carbocycles. The van der Waals surface area contributed by atoms with Crippen LogP contribution in [0, 0.1) is 6.07 Å². The van der Waals surface area contributed by atoms with E-state index in [9.17, 15) is 4.79 Å². The molecule has 0 spiro atoms. The summed E-state index contributed by atoms with van der Waals surface area (Å²) in [6, 6.07) is 4.01. The predicted octanol–water partition coefficient (Wildman–Crippen LogP) is -0.235. The Bertz CT molecular complexity index is 269. The van der Waals surface area contributed by atoms with Gasteiger partial charge in [0, 0.05) is 39.8 Å². The zero-order chi connectivity index (χ0) is 6.85. The number of anilines is 1. The molecule has 10 heavy (non-hydrogen) atoms. The number of rotatable bonds is 0. The van der Waals surface area contributed by atoms with E-state index in [0.717, 1.165) is 0 Å². The summed E-state index contributed by atoms with van der Waals surface area (Å²) in [5.74, 6) is 0. The SMILES string of the molecule is Cn1c[c-]c(N)cc1=O.[Y]. The van der Waals surface area contributed by atoms with E-state index in [1.165, 1.54) is 16.8 Å². The Morgan fingerprint density at radius 1 is 1.70 bits per heavy atom. The molecule has 1 heterocycles. The molecule has 0 aliphatic carbocycles. The molecule has 1 rings (SSSR count). The quantitative estimate of drug-likeness (QED) is 0.603. The predicted molar refractivity (Wildman–Crippen MR) is 34.9 cm³/mol. The second-order valence-electron chi connectivity index (χ2n) is 1.82. The summed E-state index contributed by atoms with van der Waals surface area (Å²) in [4.78, 5) is 10.7. The third-order valence-electron chi connectivity index (χ3n) is 1.05. The van der Waals surface area contributed by atoms with Crippen LogP contribution in [0.3, 0.4) is 0 Å². The zero-order valence-corrected chi connectivity index (χ0v) is 8.50. The summed E-state index contributed by atoms with van der Waals surface area (Å²) in [5.41, 5.74) is 5.54. The first kappa shape index (κ1) is 9.85. The fraction of sp³-hybridized carbons (Fsp3) is 0.167. The number of hydrogen-bond acceptors (Lipinski definition) is 2. The summed E-state index contributed by atoms with van der Waals surface area (Å²) >= 11 is 0. The number of nitrogen functional groups attached to an aromatic ring is 1. The van der Waals surface area contributed by atoms with Gasteiger partial charge in [0.1, 0.15) is 0 Å². The summed E-state index contributed by atoms with van der Waals surface area (Å²) in [7, 11) is 1.65. The van der Waals surface area contributed by atoms with Crippen molar-refractivity contribution in [3.05, 3.63) is 28.7 Å². The minimum absolute atomic E-state index is 0. The van der Waals surface area contributed by atoms with Crippen molar-refractivity contribution < 1.29 is 32.7 Å². The molecule has 2 N–H and O–H groups in total. The number of aryl methyl sites for hydroxylation is 1. The Hall–Kier alpha value is -0.146. The van der Waals surface area contributed by atoms with Crippen molar-refractivity contribution in [2.75, 3.05) is 5.73 Å². The summed E-state index contributed by atoms with van der Waals surface area (Å²) in [6.07, 6.45) is 1.51. The largest absolute Gasteiger partial charge is 0.431 e. The van der Waals surface area contributed by atoms with E-state index in [1.807, 2.05) is 0 Å². The normalized spacial score (nSPS) is 8.50. The van der Waals surface area contributed by atoms with Gasteiger partial charge in [0.05, 0.1) is 0 Å². The third kappa shape index (κ3) is 2.23. The summed E-state index contributed by atoms with van der Waals surface area (Å²) < 4.78 is 1.41. The molecule has 0 bridgehead atoms. The molecular formula is C6H7N2OY-. The Labute approximate surface area is 84.1 Å². The minimum atomic E-state index is -0.105. The number of hydrogen-bond donors (Lipinski definition) is 1. The molecule has 0 aliphatic rings. The van der Waals surface area contributed by atoms with E-state index in [-0.39, 0.29) is 38.3 Å². The van der Waals surface area contributed by atoms with E-state index in [0.29, 0.717) is 5.69 Å². The molecule has 1 aromatic rings. The fourth-order valence-electron chi connectivity index (χ4n) is 0.511. The molecule has 1 aromatic heterocycles. The first-order chi connectivity index (χ1) is 4.20. The maximum absolute atomic E-state index is 10.7. The van der Waals surface area contributed by atoms with Crippen LogP contribution in [-0.2, 0) is 39.8 Å². The van der Waals surface area contributed by atoms with Crippen molar-refractivity contribution in [3.63, 3.8) is 0 Å². The van der Waals surface area contributed by atoms with Crippen LogP contribution >= 0.6 is 0 Å². The van der Waals surface area contributed by atoms with Gasteiger partial charge in [0.15, 0.2) is 5.56 Å². The van der Waals surface area contributed by atoms with E-state index in [2.05, 4.69) is 6.07 Å². The van der Waals surface area contributed by atoms with Gasteiger partial charge in [-0.3, -0.25) is 4.79 Å². The van der Waals surface area contributed by atoms with Crippen molar-refractivity contribution >= 4 is 5.69 Å². The van der Waals surface area contributed by atoms with Gasteiger partial charge in [-0.1, -0.05) is 6.20 Å².